The molecule has 9 aromatic carbocycles. The zero-order valence-corrected chi connectivity index (χ0v) is 30.8. The first-order chi connectivity index (χ1) is 28.2. The molecule has 0 atom stereocenters. The molecular weight excluding hydrogens is 695 g/mol. The van der Waals surface area contributed by atoms with Crippen LogP contribution in [0.15, 0.2) is 205 Å². The maximum absolute atomic E-state index is 6.49. The minimum atomic E-state index is 0.617. The highest BCUT2D eigenvalue weighted by Crippen LogP contribution is 2.43. The SMILES string of the molecule is c1ccc(-c2ccc(-c3nc(-c4ccccc4-c4ccccc4)nc(-c4ccc(-c5cccc6oc7cc8ccccc8cc7c56)c5ccccc45)n3)cc2)cc1. The lowest BCUT2D eigenvalue weighted by atomic mass is 9.92. The molecule has 266 valence electrons. The van der Waals surface area contributed by atoms with E-state index < -0.39 is 0 Å². The Balaban J connectivity index is 1.11. The number of benzene rings is 9. The van der Waals surface area contributed by atoms with Crippen LogP contribution >= 0.6 is 0 Å². The third kappa shape index (κ3) is 5.74. The number of aromatic nitrogens is 3. The van der Waals surface area contributed by atoms with Crippen molar-refractivity contribution in [2.45, 2.75) is 0 Å². The van der Waals surface area contributed by atoms with Crippen LogP contribution in [0.3, 0.4) is 0 Å². The van der Waals surface area contributed by atoms with Crippen molar-refractivity contribution in [2.24, 2.45) is 0 Å². The van der Waals surface area contributed by atoms with Crippen molar-refractivity contribution >= 4 is 43.5 Å². The van der Waals surface area contributed by atoms with Crippen LogP contribution in [-0.2, 0) is 0 Å². The first kappa shape index (κ1) is 32.7. The van der Waals surface area contributed by atoms with Crippen molar-refractivity contribution in [2.75, 3.05) is 0 Å². The van der Waals surface area contributed by atoms with Crippen LogP contribution < -0.4 is 0 Å². The van der Waals surface area contributed by atoms with E-state index in [1.54, 1.807) is 0 Å². The molecule has 0 saturated heterocycles. The van der Waals surface area contributed by atoms with Gasteiger partial charge in [0.15, 0.2) is 17.5 Å². The van der Waals surface area contributed by atoms with Gasteiger partial charge >= 0.3 is 0 Å². The fourth-order valence-electron chi connectivity index (χ4n) is 8.20. The molecule has 0 bridgehead atoms. The summed E-state index contributed by atoms with van der Waals surface area (Å²) in [6.07, 6.45) is 0. The van der Waals surface area contributed by atoms with Crippen LogP contribution in [-0.4, -0.2) is 15.0 Å². The van der Waals surface area contributed by atoms with Gasteiger partial charge < -0.3 is 4.42 Å². The topological polar surface area (TPSA) is 51.8 Å². The second-order valence-electron chi connectivity index (χ2n) is 14.3. The van der Waals surface area contributed by atoms with Crippen molar-refractivity contribution in [3.8, 4) is 67.5 Å². The first-order valence-electron chi connectivity index (χ1n) is 19.2. The Morgan fingerprint density at radius 2 is 0.807 bits per heavy atom. The molecule has 4 nitrogen and oxygen atoms in total. The Morgan fingerprint density at radius 1 is 0.281 bits per heavy atom. The predicted octanol–water partition coefficient (Wildman–Crippen LogP) is 14.1. The zero-order valence-electron chi connectivity index (χ0n) is 30.8. The smallest absolute Gasteiger partial charge is 0.164 e. The highest BCUT2D eigenvalue weighted by molar-refractivity contribution is 6.18. The summed E-state index contributed by atoms with van der Waals surface area (Å²) in [5.41, 5.74) is 11.3. The quantitative estimate of drug-likeness (QED) is 0.171. The molecule has 57 heavy (non-hydrogen) atoms. The van der Waals surface area contributed by atoms with Crippen LogP contribution in [0.25, 0.3) is 111 Å². The van der Waals surface area contributed by atoms with Crippen LogP contribution in [0.2, 0.25) is 0 Å². The maximum Gasteiger partial charge on any atom is 0.164 e. The molecule has 0 N–H and O–H groups in total. The van der Waals surface area contributed by atoms with Gasteiger partial charge in [-0.3, -0.25) is 0 Å². The van der Waals surface area contributed by atoms with E-state index in [1.165, 1.54) is 5.39 Å². The lowest BCUT2D eigenvalue weighted by molar-refractivity contribution is 0.669. The van der Waals surface area contributed by atoms with Gasteiger partial charge in [-0.15, -0.1) is 0 Å². The summed E-state index contributed by atoms with van der Waals surface area (Å²) in [7, 11) is 0. The average molecular weight is 728 g/mol. The number of hydrogen-bond acceptors (Lipinski definition) is 4. The molecule has 11 rings (SSSR count). The van der Waals surface area contributed by atoms with E-state index in [9.17, 15) is 0 Å². The fraction of sp³-hybridized carbons (Fsp3) is 0. The highest BCUT2D eigenvalue weighted by atomic mass is 16.3. The number of hydrogen-bond donors (Lipinski definition) is 0. The molecule has 0 aliphatic heterocycles. The third-order valence-corrected chi connectivity index (χ3v) is 11.0. The average Bonchev–Trinajstić information content (AvgIpc) is 3.66. The first-order valence-corrected chi connectivity index (χ1v) is 19.2. The monoisotopic (exact) mass is 727 g/mol. The van der Waals surface area contributed by atoms with Gasteiger partial charge in [-0.25, -0.2) is 15.0 Å². The van der Waals surface area contributed by atoms with Crippen molar-refractivity contribution in [1.29, 1.82) is 0 Å². The normalized spacial score (nSPS) is 11.5. The molecule has 0 radical (unpaired) electrons. The summed E-state index contributed by atoms with van der Waals surface area (Å²) in [6.45, 7) is 0. The molecular formula is C53H33N3O. The predicted molar refractivity (Wildman–Crippen MR) is 235 cm³/mol. The van der Waals surface area contributed by atoms with Crippen LogP contribution in [0, 0.1) is 0 Å². The molecule has 0 aliphatic rings. The van der Waals surface area contributed by atoms with E-state index in [1.807, 2.05) is 18.2 Å². The summed E-state index contributed by atoms with van der Waals surface area (Å²) in [5, 5.41) is 6.73. The van der Waals surface area contributed by atoms with E-state index in [2.05, 4.69) is 182 Å². The fourth-order valence-corrected chi connectivity index (χ4v) is 8.20. The Hall–Kier alpha value is -7.69. The molecule has 0 unspecified atom stereocenters. The third-order valence-electron chi connectivity index (χ3n) is 11.0. The van der Waals surface area contributed by atoms with E-state index >= 15 is 0 Å². The van der Waals surface area contributed by atoms with Gasteiger partial charge in [0, 0.05) is 27.5 Å². The maximum atomic E-state index is 6.49. The Labute approximate surface area is 329 Å². The Bertz CT molecular complexity index is 3280. The summed E-state index contributed by atoms with van der Waals surface area (Å²) in [4.78, 5) is 15.7. The van der Waals surface area contributed by atoms with Crippen LogP contribution in [0.4, 0.5) is 0 Å². The molecule has 0 fully saturated rings. The summed E-state index contributed by atoms with van der Waals surface area (Å²) in [6, 6.07) is 69.8. The van der Waals surface area contributed by atoms with E-state index in [-0.39, 0.29) is 0 Å². The number of furan rings is 1. The largest absolute Gasteiger partial charge is 0.456 e. The number of fused-ring (bicyclic) bond motifs is 5. The molecule has 2 aromatic heterocycles. The molecule has 0 aliphatic carbocycles. The number of nitrogens with zero attached hydrogens (tertiary/aromatic N) is 3. The van der Waals surface area contributed by atoms with E-state index in [0.717, 1.165) is 88.2 Å². The van der Waals surface area contributed by atoms with Crippen molar-refractivity contribution in [1.82, 2.24) is 15.0 Å². The lowest BCUT2D eigenvalue weighted by Crippen LogP contribution is -2.01. The van der Waals surface area contributed by atoms with Gasteiger partial charge in [0.25, 0.3) is 0 Å². The minimum Gasteiger partial charge on any atom is -0.456 e. The van der Waals surface area contributed by atoms with Gasteiger partial charge in [-0.2, -0.15) is 0 Å². The van der Waals surface area contributed by atoms with Crippen LogP contribution in [0.5, 0.6) is 0 Å². The molecule has 0 saturated carbocycles. The van der Waals surface area contributed by atoms with Gasteiger partial charge in [0.1, 0.15) is 11.2 Å². The molecule has 11 aromatic rings. The highest BCUT2D eigenvalue weighted by Gasteiger charge is 2.20. The Kier molecular flexibility index (Phi) is 7.78. The van der Waals surface area contributed by atoms with Crippen molar-refractivity contribution in [3.05, 3.63) is 200 Å². The summed E-state index contributed by atoms with van der Waals surface area (Å²) in [5.74, 6) is 1.86. The van der Waals surface area contributed by atoms with Crippen molar-refractivity contribution in [3.63, 3.8) is 0 Å². The minimum absolute atomic E-state index is 0.617. The van der Waals surface area contributed by atoms with E-state index in [0.29, 0.717) is 17.5 Å². The molecule has 4 heteroatoms. The van der Waals surface area contributed by atoms with Crippen LogP contribution in [0.1, 0.15) is 0 Å². The van der Waals surface area contributed by atoms with Gasteiger partial charge in [-0.05, 0) is 79.2 Å². The zero-order chi connectivity index (χ0) is 37.7. The van der Waals surface area contributed by atoms with Gasteiger partial charge in [0.2, 0.25) is 0 Å². The standard InChI is InChI=1S/C53H33N3O/c1-3-14-34(15-4-1)35-26-28-37(29-27-35)51-54-52(45-23-12-9-20-40(45)36-16-5-2-6-17-36)56-53(55-51)46-31-30-43(41-21-10-11-22-42(41)46)44-24-13-25-48-50(44)47-32-38-18-7-8-19-39(38)33-49(47)57-48/h1-33H. The molecule has 2 heterocycles. The second kappa shape index (κ2) is 13.6. The van der Waals surface area contributed by atoms with Crippen molar-refractivity contribution < 1.29 is 4.42 Å². The van der Waals surface area contributed by atoms with Gasteiger partial charge in [-0.1, -0.05) is 176 Å². The second-order valence-corrected chi connectivity index (χ2v) is 14.3. The lowest BCUT2D eigenvalue weighted by Gasteiger charge is -2.15. The van der Waals surface area contributed by atoms with Gasteiger partial charge in [0.05, 0.1) is 0 Å². The summed E-state index contributed by atoms with van der Waals surface area (Å²) < 4.78 is 6.49. The Morgan fingerprint density at radius 3 is 1.56 bits per heavy atom. The van der Waals surface area contributed by atoms with E-state index in [4.69, 9.17) is 19.4 Å². The number of rotatable bonds is 6. The molecule has 0 spiro atoms. The summed E-state index contributed by atoms with van der Waals surface area (Å²) >= 11 is 0. The molecule has 0 amide bonds.